The van der Waals surface area contributed by atoms with Crippen LogP contribution in [0.1, 0.15) is 5.56 Å². The minimum Gasteiger partial charge on any atom is -0.494 e. The average Bonchev–Trinajstić information content (AvgIpc) is 2.34. The summed E-state index contributed by atoms with van der Waals surface area (Å²) in [7, 11) is 3.04. The molecule has 0 spiro atoms. The molecule has 2 aromatic rings. The summed E-state index contributed by atoms with van der Waals surface area (Å²) in [5.74, 6) is 0.318. The molecular formula is C12H12N2O4. The molecule has 1 aromatic carbocycles. The number of ether oxygens (including phenoxy) is 1. The fraction of sp³-hybridized carbons (Fsp3) is 0.250. The van der Waals surface area contributed by atoms with Crippen molar-refractivity contribution in [3.05, 3.63) is 44.2 Å². The second-order valence-electron chi connectivity index (χ2n) is 4.03. The van der Waals surface area contributed by atoms with E-state index in [9.17, 15) is 14.9 Å². The molecule has 0 aliphatic rings. The Bertz CT molecular complexity index is 703. The summed E-state index contributed by atoms with van der Waals surface area (Å²) in [5, 5.41) is 11.4. The van der Waals surface area contributed by atoms with Crippen LogP contribution < -0.4 is 10.3 Å². The number of fused-ring (bicyclic) bond motifs is 1. The molecule has 0 aliphatic carbocycles. The Morgan fingerprint density at radius 3 is 2.56 bits per heavy atom. The molecule has 18 heavy (non-hydrogen) atoms. The van der Waals surface area contributed by atoms with Crippen LogP contribution in [0.3, 0.4) is 0 Å². The molecule has 94 valence electrons. The number of rotatable bonds is 2. The highest BCUT2D eigenvalue weighted by molar-refractivity contribution is 5.88. The van der Waals surface area contributed by atoms with E-state index in [1.807, 2.05) is 0 Å². The van der Waals surface area contributed by atoms with Crippen LogP contribution in [0, 0.1) is 17.0 Å². The van der Waals surface area contributed by atoms with E-state index < -0.39 is 4.92 Å². The maximum atomic E-state index is 11.8. The predicted octanol–water partition coefficient (Wildman–Crippen LogP) is 1.76. The van der Waals surface area contributed by atoms with Crippen LogP contribution in [0.4, 0.5) is 5.69 Å². The minimum absolute atomic E-state index is 0.0580. The van der Waals surface area contributed by atoms with Gasteiger partial charge in [0.15, 0.2) is 0 Å². The first kappa shape index (κ1) is 12.1. The van der Waals surface area contributed by atoms with Gasteiger partial charge >= 0.3 is 0 Å². The second kappa shape index (κ2) is 4.14. The van der Waals surface area contributed by atoms with Crippen molar-refractivity contribution in [3.63, 3.8) is 0 Å². The zero-order chi connectivity index (χ0) is 13.4. The summed E-state index contributed by atoms with van der Waals surface area (Å²) < 4.78 is 6.57. The van der Waals surface area contributed by atoms with E-state index >= 15 is 0 Å². The van der Waals surface area contributed by atoms with Gasteiger partial charge in [0.05, 0.1) is 23.6 Å². The van der Waals surface area contributed by atoms with E-state index in [1.165, 1.54) is 23.8 Å². The summed E-state index contributed by atoms with van der Waals surface area (Å²) in [6.45, 7) is 1.67. The third-order valence-electron chi connectivity index (χ3n) is 2.87. The number of hydrogen-bond donors (Lipinski definition) is 0. The van der Waals surface area contributed by atoms with E-state index in [1.54, 1.807) is 20.0 Å². The van der Waals surface area contributed by atoms with Crippen LogP contribution in [0.25, 0.3) is 10.9 Å². The van der Waals surface area contributed by atoms with Crippen molar-refractivity contribution in [1.29, 1.82) is 0 Å². The number of nitro groups is 1. The Hall–Kier alpha value is -2.37. The van der Waals surface area contributed by atoms with Crippen molar-refractivity contribution in [2.24, 2.45) is 7.05 Å². The first-order chi connectivity index (χ1) is 8.45. The van der Waals surface area contributed by atoms with Gasteiger partial charge in [0.2, 0.25) is 0 Å². The highest BCUT2D eigenvalue weighted by atomic mass is 16.6. The monoisotopic (exact) mass is 248 g/mol. The SMILES string of the molecule is COc1cc([N+](=O)[O-])cc2cc(C)c(=O)n(C)c12. The maximum Gasteiger partial charge on any atom is 0.273 e. The van der Waals surface area contributed by atoms with E-state index in [0.29, 0.717) is 22.2 Å². The molecule has 1 aromatic heterocycles. The lowest BCUT2D eigenvalue weighted by atomic mass is 10.1. The maximum absolute atomic E-state index is 11.8. The largest absolute Gasteiger partial charge is 0.494 e. The van der Waals surface area contributed by atoms with Gasteiger partial charge < -0.3 is 9.30 Å². The van der Waals surface area contributed by atoms with E-state index in [-0.39, 0.29) is 11.2 Å². The van der Waals surface area contributed by atoms with Crippen molar-refractivity contribution in [2.75, 3.05) is 7.11 Å². The lowest BCUT2D eigenvalue weighted by Crippen LogP contribution is -2.19. The van der Waals surface area contributed by atoms with Crippen LogP contribution in [-0.2, 0) is 7.05 Å². The average molecular weight is 248 g/mol. The van der Waals surface area contributed by atoms with E-state index in [4.69, 9.17) is 4.74 Å². The summed E-state index contributed by atoms with van der Waals surface area (Å²) in [4.78, 5) is 22.2. The third kappa shape index (κ3) is 1.71. The summed E-state index contributed by atoms with van der Waals surface area (Å²) in [6.07, 6.45) is 0. The number of benzene rings is 1. The standard InChI is InChI=1S/C12H12N2O4/c1-7-4-8-5-9(14(16)17)6-10(18-3)11(8)13(2)12(7)15/h4-6H,1-3H3. The molecule has 0 saturated heterocycles. The smallest absolute Gasteiger partial charge is 0.273 e. The minimum atomic E-state index is -0.484. The molecule has 2 rings (SSSR count). The molecule has 0 atom stereocenters. The van der Waals surface area contributed by atoms with Gasteiger partial charge in [0, 0.05) is 24.1 Å². The highest BCUT2D eigenvalue weighted by Gasteiger charge is 2.15. The Labute approximate surface area is 103 Å². The molecule has 0 amide bonds. The summed E-state index contributed by atoms with van der Waals surface area (Å²) >= 11 is 0. The van der Waals surface area contributed by atoms with Gasteiger partial charge in [0.1, 0.15) is 5.75 Å². The fourth-order valence-electron chi connectivity index (χ4n) is 2.01. The van der Waals surface area contributed by atoms with Gasteiger partial charge in [-0.15, -0.1) is 0 Å². The number of hydrogen-bond acceptors (Lipinski definition) is 4. The first-order valence-corrected chi connectivity index (χ1v) is 5.28. The van der Waals surface area contributed by atoms with Gasteiger partial charge in [-0.1, -0.05) is 0 Å². The Morgan fingerprint density at radius 1 is 1.33 bits per heavy atom. The zero-order valence-electron chi connectivity index (χ0n) is 10.3. The molecule has 0 aliphatic heterocycles. The van der Waals surface area contributed by atoms with Gasteiger partial charge in [-0.25, -0.2) is 0 Å². The number of nitro benzene ring substituents is 1. The van der Waals surface area contributed by atoms with E-state index in [2.05, 4.69) is 0 Å². The van der Waals surface area contributed by atoms with Crippen LogP contribution in [-0.4, -0.2) is 16.6 Å². The van der Waals surface area contributed by atoms with Crippen LogP contribution in [0.2, 0.25) is 0 Å². The number of non-ortho nitro benzene ring substituents is 1. The van der Waals surface area contributed by atoms with Crippen molar-refractivity contribution in [1.82, 2.24) is 4.57 Å². The fourth-order valence-corrected chi connectivity index (χ4v) is 2.01. The number of aromatic nitrogens is 1. The molecule has 0 bridgehead atoms. The lowest BCUT2D eigenvalue weighted by Gasteiger charge is -2.10. The van der Waals surface area contributed by atoms with Crippen LogP contribution in [0.15, 0.2) is 23.0 Å². The number of pyridine rings is 1. The molecular weight excluding hydrogens is 236 g/mol. The normalized spacial score (nSPS) is 10.6. The Morgan fingerprint density at radius 2 is 2.00 bits per heavy atom. The van der Waals surface area contributed by atoms with Crippen molar-refractivity contribution < 1.29 is 9.66 Å². The van der Waals surface area contributed by atoms with Crippen LogP contribution in [0.5, 0.6) is 5.75 Å². The lowest BCUT2D eigenvalue weighted by molar-refractivity contribution is -0.384. The number of nitrogens with zero attached hydrogens (tertiary/aromatic N) is 2. The second-order valence-corrected chi connectivity index (χ2v) is 4.03. The number of methoxy groups -OCH3 is 1. The van der Waals surface area contributed by atoms with Gasteiger partial charge in [-0.05, 0) is 13.0 Å². The first-order valence-electron chi connectivity index (χ1n) is 5.28. The zero-order valence-corrected chi connectivity index (χ0v) is 10.3. The summed E-state index contributed by atoms with van der Waals surface area (Å²) in [5.41, 5.74) is 0.887. The van der Waals surface area contributed by atoms with Crippen molar-refractivity contribution >= 4 is 16.6 Å². The molecule has 6 nitrogen and oxygen atoms in total. The topological polar surface area (TPSA) is 74.4 Å². The van der Waals surface area contributed by atoms with E-state index in [0.717, 1.165) is 0 Å². The van der Waals surface area contributed by atoms with Gasteiger partial charge in [-0.2, -0.15) is 0 Å². The molecule has 0 radical (unpaired) electrons. The molecule has 6 heteroatoms. The van der Waals surface area contributed by atoms with Crippen molar-refractivity contribution in [3.8, 4) is 5.75 Å². The molecule has 0 fully saturated rings. The highest BCUT2D eigenvalue weighted by Crippen LogP contribution is 2.30. The van der Waals surface area contributed by atoms with Crippen molar-refractivity contribution in [2.45, 2.75) is 6.92 Å². The quantitative estimate of drug-likeness (QED) is 0.599. The predicted molar refractivity (Wildman–Crippen MR) is 67.1 cm³/mol. The Kier molecular flexibility index (Phi) is 2.78. The van der Waals surface area contributed by atoms with Gasteiger partial charge in [-0.3, -0.25) is 14.9 Å². The molecule has 1 heterocycles. The molecule has 0 saturated carbocycles. The van der Waals surface area contributed by atoms with Gasteiger partial charge in [0.25, 0.3) is 11.2 Å². The summed E-state index contributed by atoms with van der Waals surface area (Å²) in [6, 6.07) is 4.38. The Balaban J connectivity index is 2.97. The van der Waals surface area contributed by atoms with Crippen LogP contribution >= 0.6 is 0 Å². The number of aryl methyl sites for hydroxylation is 2. The molecule has 0 unspecified atom stereocenters. The third-order valence-corrected chi connectivity index (χ3v) is 2.87. The molecule has 0 N–H and O–H groups in total.